The summed E-state index contributed by atoms with van der Waals surface area (Å²) in [5, 5.41) is 0. The molecule has 0 heterocycles. The standard InChI is InChI=1S/C25H23NO2S/c1-21-14-18-25(19-15-21)29(27,28)26-20-8-7-13-23-11-5-6-12-24(23)17-16-22-9-3-2-4-10-22/h2-12,14-15,18-19,26H,13,20H2,1H3. The van der Waals surface area contributed by atoms with E-state index in [1.165, 1.54) is 0 Å². The van der Waals surface area contributed by atoms with Crippen LogP contribution in [0.1, 0.15) is 22.3 Å². The van der Waals surface area contributed by atoms with Crippen molar-refractivity contribution in [1.82, 2.24) is 4.72 Å². The first-order chi connectivity index (χ1) is 14.0. The fourth-order valence-corrected chi connectivity index (χ4v) is 3.71. The second-order valence-corrected chi connectivity index (χ2v) is 8.38. The number of hydrogen-bond acceptors (Lipinski definition) is 2. The monoisotopic (exact) mass is 401 g/mol. The van der Waals surface area contributed by atoms with Crippen molar-refractivity contribution in [1.29, 1.82) is 0 Å². The van der Waals surface area contributed by atoms with Gasteiger partial charge in [0.25, 0.3) is 0 Å². The van der Waals surface area contributed by atoms with Gasteiger partial charge in [0.1, 0.15) is 0 Å². The van der Waals surface area contributed by atoms with Crippen molar-refractivity contribution in [3.05, 3.63) is 113 Å². The first-order valence-electron chi connectivity index (χ1n) is 9.41. The molecule has 0 radical (unpaired) electrons. The summed E-state index contributed by atoms with van der Waals surface area (Å²) in [6.45, 7) is 2.17. The highest BCUT2D eigenvalue weighted by molar-refractivity contribution is 7.89. The van der Waals surface area contributed by atoms with Crippen molar-refractivity contribution in [3.63, 3.8) is 0 Å². The van der Waals surface area contributed by atoms with Crippen molar-refractivity contribution >= 4 is 10.0 Å². The van der Waals surface area contributed by atoms with Crippen LogP contribution in [0.25, 0.3) is 0 Å². The molecule has 0 saturated heterocycles. The van der Waals surface area contributed by atoms with Crippen LogP contribution in [-0.4, -0.2) is 15.0 Å². The third-order valence-electron chi connectivity index (χ3n) is 4.36. The van der Waals surface area contributed by atoms with Crippen LogP contribution in [0.15, 0.2) is 95.9 Å². The van der Waals surface area contributed by atoms with Gasteiger partial charge in [-0.15, -0.1) is 0 Å². The molecule has 0 spiro atoms. The second kappa shape index (κ2) is 9.88. The zero-order chi connectivity index (χ0) is 20.5. The maximum absolute atomic E-state index is 12.3. The Hall–Kier alpha value is -3.13. The second-order valence-electron chi connectivity index (χ2n) is 6.61. The smallest absolute Gasteiger partial charge is 0.207 e. The summed E-state index contributed by atoms with van der Waals surface area (Å²) in [6, 6.07) is 24.7. The van der Waals surface area contributed by atoms with Gasteiger partial charge in [-0.25, -0.2) is 13.1 Å². The molecule has 0 aromatic heterocycles. The zero-order valence-electron chi connectivity index (χ0n) is 16.3. The topological polar surface area (TPSA) is 46.2 Å². The van der Waals surface area contributed by atoms with Crippen molar-refractivity contribution in [2.75, 3.05) is 6.54 Å². The molecular weight excluding hydrogens is 378 g/mol. The van der Waals surface area contributed by atoms with Crippen LogP contribution in [0.4, 0.5) is 0 Å². The van der Waals surface area contributed by atoms with Gasteiger partial charge >= 0.3 is 0 Å². The number of allylic oxidation sites excluding steroid dienone is 1. The predicted molar refractivity (Wildman–Crippen MR) is 118 cm³/mol. The van der Waals surface area contributed by atoms with Crippen molar-refractivity contribution in [2.45, 2.75) is 18.2 Å². The van der Waals surface area contributed by atoms with E-state index in [4.69, 9.17) is 0 Å². The molecule has 0 atom stereocenters. The van der Waals surface area contributed by atoms with E-state index in [1.807, 2.05) is 73.7 Å². The van der Waals surface area contributed by atoms with Crippen LogP contribution in [-0.2, 0) is 16.4 Å². The van der Waals surface area contributed by atoms with E-state index in [-0.39, 0.29) is 11.4 Å². The summed E-state index contributed by atoms with van der Waals surface area (Å²) >= 11 is 0. The molecule has 0 bridgehead atoms. The molecule has 1 N–H and O–H groups in total. The molecule has 3 rings (SSSR count). The van der Waals surface area contributed by atoms with Gasteiger partial charge in [-0.1, -0.05) is 78.1 Å². The fraction of sp³-hybridized carbons (Fsp3) is 0.120. The molecule has 0 aliphatic carbocycles. The number of aryl methyl sites for hydroxylation is 1. The molecule has 3 aromatic rings. The normalized spacial score (nSPS) is 11.2. The number of sulfonamides is 1. The quantitative estimate of drug-likeness (QED) is 0.489. The number of nitrogens with one attached hydrogen (secondary N) is 1. The maximum atomic E-state index is 12.3. The SMILES string of the molecule is Cc1ccc(S(=O)(=O)NCC=CCc2ccccc2C#Cc2ccccc2)cc1. The van der Waals surface area contributed by atoms with Crippen molar-refractivity contribution < 1.29 is 8.42 Å². The van der Waals surface area contributed by atoms with Crippen LogP contribution in [0, 0.1) is 18.8 Å². The Morgan fingerprint density at radius 1 is 0.828 bits per heavy atom. The van der Waals surface area contributed by atoms with Gasteiger partial charge in [-0.2, -0.15) is 0 Å². The minimum Gasteiger partial charge on any atom is -0.207 e. The highest BCUT2D eigenvalue weighted by Gasteiger charge is 2.11. The lowest BCUT2D eigenvalue weighted by atomic mass is 10.0. The van der Waals surface area contributed by atoms with E-state index in [1.54, 1.807) is 24.3 Å². The molecule has 146 valence electrons. The van der Waals surface area contributed by atoms with Crippen LogP contribution >= 0.6 is 0 Å². The summed E-state index contributed by atoms with van der Waals surface area (Å²) in [5.41, 5.74) is 4.08. The van der Waals surface area contributed by atoms with E-state index in [2.05, 4.69) is 16.6 Å². The molecular formula is C25H23NO2S. The van der Waals surface area contributed by atoms with E-state index >= 15 is 0 Å². The predicted octanol–water partition coefficient (Wildman–Crippen LogP) is 4.47. The van der Waals surface area contributed by atoms with E-state index in [0.29, 0.717) is 6.42 Å². The van der Waals surface area contributed by atoms with Crippen molar-refractivity contribution in [3.8, 4) is 11.8 Å². The average Bonchev–Trinajstić information content (AvgIpc) is 2.74. The molecule has 0 unspecified atom stereocenters. The van der Waals surface area contributed by atoms with E-state index < -0.39 is 10.0 Å². The Bertz CT molecular complexity index is 1140. The largest absolute Gasteiger partial charge is 0.240 e. The number of benzene rings is 3. The van der Waals surface area contributed by atoms with Gasteiger partial charge in [0.2, 0.25) is 10.0 Å². The molecule has 0 saturated carbocycles. The van der Waals surface area contributed by atoms with Gasteiger partial charge < -0.3 is 0 Å². The van der Waals surface area contributed by atoms with Gasteiger partial charge in [0.15, 0.2) is 0 Å². The van der Waals surface area contributed by atoms with Crippen molar-refractivity contribution in [2.24, 2.45) is 0 Å². The summed E-state index contributed by atoms with van der Waals surface area (Å²) < 4.78 is 27.2. The van der Waals surface area contributed by atoms with Crippen LogP contribution in [0.2, 0.25) is 0 Å². The first-order valence-corrected chi connectivity index (χ1v) is 10.9. The molecule has 0 aliphatic heterocycles. The first kappa shape index (κ1) is 20.6. The minimum absolute atomic E-state index is 0.244. The molecule has 3 nitrogen and oxygen atoms in total. The fourth-order valence-electron chi connectivity index (χ4n) is 2.73. The Morgan fingerprint density at radius 3 is 2.28 bits per heavy atom. The summed E-state index contributed by atoms with van der Waals surface area (Å²) in [4.78, 5) is 0.276. The molecule has 0 amide bonds. The molecule has 0 fully saturated rings. The lowest BCUT2D eigenvalue weighted by Crippen LogP contribution is -2.23. The molecule has 29 heavy (non-hydrogen) atoms. The van der Waals surface area contributed by atoms with Crippen LogP contribution in [0.5, 0.6) is 0 Å². The Labute approximate surface area is 173 Å². The Morgan fingerprint density at radius 2 is 1.52 bits per heavy atom. The lowest BCUT2D eigenvalue weighted by Gasteiger charge is -2.05. The summed E-state index contributed by atoms with van der Waals surface area (Å²) in [6.07, 6.45) is 4.47. The van der Waals surface area contributed by atoms with Gasteiger partial charge in [0.05, 0.1) is 4.90 Å². The number of rotatable bonds is 6. The van der Waals surface area contributed by atoms with E-state index in [0.717, 1.165) is 22.3 Å². The van der Waals surface area contributed by atoms with Gasteiger partial charge in [-0.3, -0.25) is 0 Å². The van der Waals surface area contributed by atoms with E-state index in [9.17, 15) is 8.42 Å². The van der Waals surface area contributed by atoms with Crippen LogP contribution < -0.4 is 4.72 Å². The molecule has 3 aromatic carbocycles. The highest BCUT2D eigenvalue weighted by Crippen LogP contribution is 2.11. The van der Waals surface area contributed by atoms with Gasteiger partial charge in [0, 0.05) is 17.7 Å². The maximum Gasteiger partial charge on any atom is 0.240 e. The molecule has 0 aliphatic rings. The summed E-state index contributed by atoms with van der Waals surface area (Å²) in [7, 11) is -3.49. The Balaban J connectivity index is 1.60. The zero-order valence-corrected chi connectivity index (χ0v) is 17.1. The average molecular weight is 402 g/mol. The lowest BCUT2D eigenvalue weighted by molar-refractivity contribution is 0.585. The minimum atomic E-state index is -3.49. The van der Waals surface area contributed by atoms with Crippen LogP contribution in [0.3, 0.4) is 0 Å². The van der Waals surface area contributed by atoms with Gasteiger partial charge in [-0.05, 0) is 49.2 Å². The third kappa shape index (κ3) is 6.18. The Kier molecular flexibility index (Phi) is 7.02. The number of hydrogen-bond donors (Lipinski definition) is 1. The molecule has 4 heteroatoms. The summed E-state index contributed by atoms with van der Waals surface area (Å²) in [5.74, 6) is 6.40. The highest BCUT2D eigenvalue weighted by atomic mass is 32.2. The third-order valence-corrected chi connectivity index (χ3v) is 5.80.